The van der Waals surface area contributed by atoms with Crippen molar-refractivity contribution < 1.29 is 9.72 Å². The van der Waals surface area contributed by atoms with Gasteiger partial charge in [0.15, 0.2) is 5.96 Å². The van der Waals surface area contributed by atoms with Crippen LogP contribution in [0.2, 0.25) is 0 Å². The van der Waals surface area contributed by atoms with Gasteiger partial charge in [0.05, 0.1) is 17.0 Å². The predicted molar refractivity (Wildman–Crippen MR) is 111 cm³/mol. The SMILES string of the molecule is CCNC(=NCc1ccccc1[N+](=O)[O-])N1CCCC(CC(N)=O)C1.I. The summed E-state index contributed by atoms with van der Waals surface area (Å²) < 4.78 is 0. The number of nitro groups is 1. The molecule has 0 radical (unpaired) electrons. The summed E-state index contributed by atoms with van der Waals surface area (Å²) in [7, 11) is 0. The lowest BCUT2D eigenvalue weighted by Crippen LogP contribution is -2.47. The van der Waals surface area contributed by atoms with Crippen molar-refractivity contribution >= 4 is 41.5 Å². The molecule has 9 heteroatoms. The molecule has 1 aromatic rings. The fourth-order valence-electron chi connectivity index (χ4n) is 3.12. The Kier molecular flexibility index (Phi) is 9.31. The van der Waals surface area contributed by atoms with Gasteiger partial charge in [0.2, 0.25) is 5.91 Å². The normalized spacial score (nSPS) is 17.3. The lowest BCUT2D eigenvalue weighted by atomic mass is 9.95. The molecule has 1 atom stereocenters. The highest BCUT2D eigenvalue weighted by Crippen LogP contribution is 2.21. The number of nitrogens with zero attached hydrogens (tertiary/aromatic N) is 3. The number of nitrogens with two attached hydrogens (primary N) is 1. The van der Waals surface area contributed by atoms with E-state index in [-0.39, 0.29) is 53.0 Å². The van der Waals surface area contributed by atoms with Crippen LogP contribution in [0.3, 0.4) is 0 Å². The Morgan fingerprint density at radius 2 is 2.19 bits per heavy atom. The molecule has 2 rings (SSSR count). The largest absolute Gasteiger partial charge is 0.370 e. The molecule has 26 heavy (non-hydrogen) atoms. The number of nitro benzene ring substituents is 1. The zero-order chi connectivity index (χ0) is 18.2. The molecule has 1 heterocycles. The van der Waals surface area contributed by atoms with Crippen molar-refractivity contribution in [3.8, 4) is 0 Å². The van der Waals surface area contributed by atoms with Crippen LogP contribution in [-0.4, -0.2) is 41.3 Å². The number of carbonyl (C=O) groups is 1. The van der Waals surface area contributed by atoms with Crippen molar-refractivity contribution in [3.05, 3.63) is 39.9 Å². The standard InChI is InChI=1S/C17H25N5O3.HI/c1-2-19-17(21-9-5-6-13(12-21)10-16(18)23)20-11-14-7-3-4-8-15(14)22(24)25;/h3-4,7-8,13H,2,5-6,9-12H2,1H3,(H2,18,23)(H,19,20);1H. The van der Waals surface area contributed by atoms with Crippen molar-refractivity contribution in [2.24, 2.45) is 16.6 Å². The van der Waals surface area contributed by atoms with Gasteiger partial charge in [-0.1, -0.05) is 18.2 Å². The van der Waals surface area contributed by atoms with Crippen molar-refractivity contribution in [1.82, 2.24) is 10.2 Å². The van der Waals surface area contributed by atoms with Gasteiger partial charge >= 0.3 is 0 Å². The molecule has 0 bridgehead atoms. The molecule has 1 aliphatic rings. The Bertz CT molecular complexity index is 653. The lowest BCUT2D eigenvalue weighted by Gasteiger charge is -2.34. The number of hydrogen-bond acceptors (Lipinski definition) is 4. The van der Waals surface area contributed by atoms with Crippen molar-refractivity contribution in [3.63, 3.8) is 0 Å². The van der Waals surface area contributed by atoms with Crippen LogP contribution in [0, 0.1) is 16.0 Å². The van der Waals surface area contributed by atoms with E-state index in [2.05, 4.69) is 15.2 Å². The zero-order valence-electron chi connectivity index (χ0n) is 14.9. The number of nitrogens with one attached hydrogen (secondary N) is 1. The van der Waals surface area contributed by atoms with Crippen LogP contribution in [0.1, 0.15) is 31.7 Å². The van der Waals surface area contributed by atoms with E-state index >= 15 is 0 Å². The number of primary amides is 1. The molecule has 1 unspecified atom stereocenters. The van der Waals surface area contributed by atoms with Crippen molar-refractivity contribution in [1.29, 1.82) is 0 Å². The number of halogens is 1. The summed E-state index contributed by atoms with van der Waals surface area (Å²) in [6.45, 7) is 4.47. The summed E-state index contributed by atoms with van der Waals surface area (Å²) in [5.74, 6) is 0.657. The number of guanidine groups is 1. The van der Waals surface area contributed by atoms with Crippen LogP contribution in [-0.2, 0) is 11.3 Å². The summed E-state index contributed by atoms with van der Waals surface area (Å²) in [4.78, 5) is 28.6. The highest BCUT2D eigenvalue weighted by Gasteiger charge is 2.23. The molecule has 8 nitrogen and oxygen atoms in total. The predicted octanol–water partition coefficient (Wildman–Crippen LogP) is 2.27. The number of piperidine rings is 1. The number of amides is 1. The van der Waals surface area contributed by atoms with Gasteiger partial charge in [0, 0.05) is 32.1 Å². The van der Waals surface area contributed by atoms with Crippen LogP contribution in [0.25, 0.3) is 0 Å². The number of para-hydroxylation sites is 1. The molecule has 0 aliphatic carbocycles. The van der Waals surface area contributed by atoms with E-state index < -0.39 is 0 Å². The van der Waals surface area contributed by atoms with E-state index in [1.807, 2.05) is 6.92 Å². The minimum Gasteiger partial charge on any atom is -0.370 e. The molecule has 1 aromatic carbocycles. The molecule has 1 amide bonds. The summed E-state index contributed by atoms with van der Waals surface area (Å²) in [6, 6.07) is 6.63. The van der Waals surface area contributed by atoms with Gasteiger partial charge in [-0.3, -0.25) is 14.9 Å². The third kappa shape index (κ3) is 6.43. The summed E-state index contributed by atoms with van der Waals surface area (Å²) in [5.41, 5.74) is 5.97. The molecule has 0 saturated carbocycles. The Hall–Kier alpha value is -1.91. The van der Waals surface area contributed by atoms with Gasteiger partial charge in [-0.15, -0.1) is 24.0 Å². The minimum absolute atomic E-state index is 0. The van der Waals surface area contributed by atoms with E-state index in [0.29, 0.717) is 25.1 Å². The third-order valence-corrected chi connectivity index (χ3v) is 4.23. The Balaban J connectivity index is 0.00000338. The topological polar surface area (TPSA) is 114 Å². The van der Waals surface area contributed by atoms with Gasteiger partial charge in [-0.2, -0.15) is 0 Å². The maximum atomic E-state index is 11.2. The average Bonchev–Trinajstić information content (AvgIpc) is 2.58. The Morgan fingerprint density at radius 3 is 2.85 bits per heavy atom. The molecule has 1 aliphatic heterocycles. The quantitative estimate of drug-likeness (QED) is 0.216. The van der Waals surface area contributed by atoms with Crippen LogP contribution in [0.4, 0.5) is 5.69 Å². The number of aliphatic imine (C=N–C) groups is 1. The molecule has 3 N–H and O–H groups in total. The van der Waals surface area contributed by atoms with Crippen LogP contribution in [0.15, 0.2) is 29.3 Å². The van der Waals surface area contributed by atoms with E-state index in [0.717, 1.165) is 25.3 Å². The van der Waals surface area contributed by atoms with Crippen molar-refractivity contribution in [2.75, 3.05) is 19.6 Å². The number of rotatable bonds is 6. The number of hydrogen-bond donors (Lipinski definition) is 2. The second-order valence-corrected chi connectivity index (χ2v) is 6.18. The van der Waals surface area contributed by atoms with E-state index in [4.69, 9.17) is 5.73 Å². The number of carbonyl (C=O) groups excluding carboxylic acids is 1. The summed E-state index contributed by atoms with van der Waals surface area (Å²) in [5, 5.41) is 14.4. The smallest absolute Gasteiger partial charge is 0.274 e. The first-order valence-electron chi connectivity index (χ1n) is 8.55. The van der Waals surface area contributed by atoms with Crippen LogP contribution >= 0.6 is 24.0 Å². The van der Waals surface area contributed by atoms with Gasteiger partial charge in [0.1, 0.15) is 0 Å². The highest BCUT2D eigenvalue weighted by atomic mass is 127. The second-order valence-electron chi connectivity index (χ2n) is 6.18. The molecule has 0 aromatic heterocycles. The first kappa shape index (κ1) is 22.1. The fraction of sp³-hybridized carbons (Fsp3) is 0.529. The van der Waals surface area contributed by atoms with Gasteiger partial charge in [0.25, 0.3) is 5.69 Å². The molecule has 144 valence electrons. The zero-order valence-corrected chi connectivity index (χ0v) is 17.2. The van der Waals surface area contributed by atoms with Gasteiger partial charge in [-0.25, -0.2) is 4.99 Å². The first-order valence-corrected chi connectivity index (χ1v) is 8.55. The van der Waals surface area contributed by atoms with Gasteiger partial charge < -0.3 is 16.0 Å². The number of benzene rings is 1. The Labute approximate surface area is 170 Å². The summed E-state index contributed by atoms with van der Waals surface area (Å²) >= 11 is 0. The average molecular weight is 475 g/mol. The number of likely N-dealkylation sites (tertiary alicyclic amines) is 1. The molecule has 1 fully saturated rings. The fourth-order valence-corrected chi connectivity index (χ4v) is 3.12. The van der Waals surface area contributed by atoms with E-state index in [1.54, 1.807) is 18.2 Å². The van der Waals surface area contributed by atoms with E-state index in [1.165, 1.54) is 6.07 Å². The van der Waals surface area contributed by atoms with Crippen molar-refractivity contribution in [2.45, 2.75) is 32.7 Å². The lowest BCUT2D eigenvalue weighted by molar-refractivity contribution is -0.385. The minimum atomic E-state index is -0.387. The van der Waals surface area contributed by atoms with Crippen LogP contribution in [0.5, 0.6) is 0 Å². The van der Waals surface area contributed by atoms with Crippen LogP contribution < -0.4 is 11.1 Å². The third-order valence-electron chi connectivity index (χ3n) is 4.23. The van der Waals surface area contributed by atoms with E-state index in [9.17, 15) is 14.9 Å². The molecule has 1 saturated heterocycles. The maximum Gasteiger partial charge on any atom is 0.274 e. The second kappa shape index (κ2) is 10.9. The molecular weight excluding hydrogens is 449 g/mol. The maximum absolute atomic E-state index is 11.2. The monoisotopic (exact) mass is 475 g/mol. The summed E-state index contributed by atoms with van der Waals surface area (Å²) in [6.07, 6.45) is 2.32. The molecular formula is C17H26IN5O3. The first-order chi connectivity index (χ1) is 12.0. The Morgan fingerprint density at radius 1 is 1.46 bits per heavy atom. The van der Waals surface area contributed by atoms with Gasteiger partial charge in [-0.05, 0) is 25.7 Å². The highest BCUT2D eigenvalue weighted by molar-refractivity contribution is 14.0. The molecule has 0 spiro atoms.